The zero-order chi connectivity index (χ0) is 60.8. The molecule has 6 amide bonds. The highest BCUT2D eigenvalue weighted by Gasteiger charge is 2.38. The molecule has 0 saturated carbocycles. The van der Waals surface area contributed by atoms with Gasteiger partial charge in [-0.1, -0.05) is 62.7 Å². The van der Waals surface area contributed by atoms with Gasteiger partial charge in [-0.05, 0) is 109 Å². The van der Waals surface area contributed by atoms with E-state index in [1.165, 1.54) is 23.5 Å². The summed E-state index contributed by atoms with van der Waals surface area (Å²) in [6, 6.07) is 23.8. The lowest BCUT2D eigenvalue weighted by Crippen LogP contribution is -2.52. The number of H-pyrrole nitrogens is 2. The Hall–Kier alpha value is -8.26. The SMILES string of the molecule is Cc1csc2c(OC(=O)N3CCN(C)CC3)cc3c(c12)[C@@H](CCl)CN3C(=O)c1cc2cc(CC(=O)c3cc4cc(CC(=O)CCC(=O)[C@H](CC(C)C)NC(=O)[C@H](Cc5ccccc5)NC(=O)CCCCCN5C(=O)C=CC5=O)ccc4[nH]3)ccc2[nH]1. The number of hydrogen-bond acceptors (Lipinski definition) is 12. The molecule has 3 atom stereocenters. The van der Waals surface area contributed by atoms with Crippen LogP contribution in [0.2, 0.25) is 0 Å². The van der Waals surface area contributed by atoms with Crippen LogP contribution in [0.25, 0.3) is 31.9 Å². The normalized spacial score (nSPS) is 15.9. The Kier molecular flexibility index (Phi) is 19.1. The number of likely N-dealkylation sites (N-methyl/N-ethyl adjacent to an activating group) is 1. The summed E-state index contributed by atoms with van der Waals surface area (Å²) in [6.45, 7) is 9.13. The first-order valence-corrected chi connectivity index (χ1v) is 30.9. The van der Waals surface area contributed by atoms with E-state index in [1.807, 2.05) is 99.9 Å². The molecule has 86 heavy (non-hydrogen) atoms. The van der Waals surface area contributed by atoms with E-state index in [2.05, 4.69) is 25.5 Å². The number of carbonyl (C=O) groups excluding carboxylic acids is 9. The topological polar surface area (TPSA) is 231 Å². The molecule has 3 aliphatic rings. The van der Waals surface area contributed by atoms with Crippen molar-refractivity contribution in [1.29, 1.82) is 0 Å². The van der Waals surface area contributed by atoms with Gasteiger partial charge >= 0.3 is 6.09 Å². The first-order chi connectivity index (χ1) is 41.4. The Labute approximate surface area is 507 Å². The molecule has 448 valence electrons. The number of fused-ring (bicyclic) bond motifs is 5. The van der Waals surface area contributed by atoms with Crippen LogP contribution in [0.1, 0.15) is 114 Å². The highest BCUT2D eigenvalue weighted by Crippen LogP contribution is 2.49. The lowest BCUT2D eigenvalue weighted by molar-refractivity contribution is -0.137. The van der Waals surface area contributed by atoms with Crippen molar-refractivity contribution in [1.82, 2.24) is 35.3 Å². The van der Waals surface area contributed by atoms with Crippen molar-refractivity contribution < 1.29 is 47.9 Å². The molecule has 0 spiro atoms. The van der Waals surface area contributed by atoms with Crippen LogP contribution in [-0.2, 0) is 48.0 Å². The van der Waals surface area contributed by atoms with Gasteiger partial charge in [-0.15, -0.1) is 22.9 Å². The van der Waals surface area contributed by atoms with Gasteiger partial charge in [0.1, 0.15) is 17.5 Å². The summed E-state index contributed by atoms with van der Waals surface area (Å²) in [4.78, 5) is 133. The third kappa shape index (κ3) is 14.2. The van der Waals surface area contributed by atoms with Gasteiger partial charge < -0.3 is 40.0 Å². The van der Waals surface area contributed by atoms with E-state index >= 15 is 0 Å². The first kappa shape index (κ1) is 60.8. The van der Waals surface area contributed by atoms with Gasteiger partial charge in [0, 0.05) is 135 Å². The molecule has 0 aliphatic carbocycles. The van der Waals surface area contributed by atoms with Crippen LogP contribution < -0.4 is 20.3 Å². The highest BCUT2D eigenvalue weighted by atomic mass is 35.5. The predicted molar refractivity (Wildman–Crippen MR) is 332 cm³/mol. The van der Waals surface area contributed by atoms with E-state index in [9.17, 15) is 43.2 Å². The number of thiophene rings is 1. The minimum atomic E-state index is -0.973. The molecule has 7 aromatic rings. The zero-order valence-electron chi connectivity index (χ0n) is 48.8. The van der Waals surface area contributed by atoms with Gasteiger partial charge in [-0.25, -0.2) is 4.79 Å². The van der Waals surface area contributed by atoms with Crippen LogP contribution in [0.4, 0.5) is 10.5 Å². The second-order valence-electron chi connectivity index (χ2n) is 23.3. The number of halogens is 1. The molecule has 3 aliphatic heterocycles. The van der Waals surface area contributed by atoms with Crippen LogP contribution in [0, 0.1) is 12.8 Å². The summed E-state index contributed by atoms with van der Waals surface area (Å²) < 4.78 is 6.95. The van der Waals surface area contributed by atoms with E-state index in [4.69, 9.17) is 16.3 Å². The molecule has 4 N–H and O–H groups in total. The van der Waals surface area contributed by atoms with Crippen molar-refractivity contribution in [3.63, 3.8) is 0 Å². The summed E-state index contributed by atoms with van der Waals surface area (Å²) in [5.41, 5.74) is 7.12. The number of Topliss-reactive ketones (excluding diaryl/α,β-unsaturated/α-hetero) is 3. The predicted octanol–water partition coefficient (Wildman–Crippen LogP) is 9.53. The number of carbonyl (C=O) groups is 9. The van der Waals surface area contributed by atoms with Crippen LogP contribution in [-0.4, -0.2) is 142 Å². The number of nitrogens with one attached hydrogen (secondary N) is 4. The van der Waals surface area contributed by atoms with Crippen molar-refractivity contribution in [2.45, 2.75) is 103 Å². The number of aromatic amines is 2. The third-order valence-electron chi connectivity index (χ3n) is 16.4. The van der Waals surface area contributed by atoms with Crippen LogP contribution in [0.15, 0.2) is 102 Å². The number of hydrogen-bond donors (Lipinski definition) is 4. The maximum absolute atomic E-state index is 14.5. The van der Waals surface area contributed by atoms with Gasteiger partial charge in [0.25, 0.3) is 17.7 Å². The van der Waals surface area contributed by atoms with Crippen molar-refractivity contribution >= 4 is 113 Å². The highest BCUT2D eigenvalue weighted by molar-refractivity contribution is 7.17. The van der Waals surface area contributed by atoms with Crippen LogP contribution in [0.3, 0.4) is 0 Å². The maximum atomic E-state index is 14.5. The number of ether oxygens (including phenoxy) is 1. The van der Waals surface area contributed by atoms with E-state index in [0.29, 0.717) is 79.6 Å². The smallest absolute Gasteiger partial charge is 0.409 e. The Morgan fingerprint density at radius 3 is 2.10 bits per heavy atom. The Bertz CT molecular complexity index is 3780. The molecular weight excluding hydrogens is 1130 g/mol. The van der Waals surface area contributed by atoms with E-state index in [-0.39, 0.29) is 97.9 Å². The molecule has 0 unspecified atom stereocenters. The summed E-state index contributed by atoms with van der Waals surface area (Å²) in [7, 11) is 2.02. The number of benzene rings is 4. The number of nitrogens with zero attached hydrogens (tertiary/aromatic N) is 4. The fraction of sp³-hybridized carbons (Fsp3) is 0.379. The number of alkyl halides is 1. The number of aryl methyl sites for hydroxylation is 1. The van der Waals surface area contributed by atoms with Crippen LogP contribution >= 0.6 is 22.9 Å². The molecule has 6 heterocycles. The number of piperazine rings is 1. The van der Waals surface area contributed by atoms with Crippen molar-refractivity contribution in [2.75, 3.05) is 57.1 Å². The molecule has 10 rings (SSSR count). The Balaban J connectivity index is 0.738. The first-order valence-electron chi connectivity index (χ1n) is 29.5. The summed E-state index contributed by atoms with van der Waals surface area (Å²) >= 11 is 8.12. The number of rotatable bonds is 25. The third-order valence-corrected chi connectivity index (χ3v) is 17.8. The fourth-order valence-corrected chi connectivity index (χ4v) is 13.0. The monoisotopic (exact) mass is 1200 g/mol. The minimum absolute atomic E-state index is 0.0280. The lowest BCUT2D eigenvalue weighted by Gasteiger charge is -2.31. The van der Waals surface area contributed by atoms with E-state index in [0.717, 1.165) is 72.1 Å². The standard InChI is InChI=1S/C66H71ClN8O10S/c1-39(2)27-50(71-64(82)52(31-41-11-7-5-8-12-41)70-58(79)13-9-6-10-22-74-59(80)20-21-60(74)81)55(77)19-16-47(76)30-42-14-17-48-44(28-42)33-51(68-48)56(78)32-43-15-18-49-45(29-43)34-53(69-49)65(83)75-37-46(36-67)62-54(75)35-57(63-61(62)40(3)38-86-63)85-66(84)73-25-23-72(4)24-26-73/h5,7-8,11-12,14-15,17-18,20-21,28-29,33-35,38-39,46,50,52,68-69H,6,9-10,13,16,19,22-27,30-32,36-37H2,1-4H3,(H,70,79)(H,71,82)/t46-,50-,52-/m0/s1. The number of anilines is 1. The summed E-state index contributed by atoms with van der Waals surface area (Å²) in [5, 5.41) is 10.3. The second kappa shape index (κ2) is 27.0. The number of ketones is 3. The van der Waals surface area contributed by atoms with Crippen molar-refractivity contribution in [2.24, 2.45) is 5.92 Å². The second-order valence-corrected chi connectivity index (χ2v) is 24.5. The van der Waals surface area contributed by atoms with Gasteiger partial charge in [0.15, 0.2) is 17.3 Å². The van der Waals surface area contributed by atoms with Gasteiger partial charge in [0.2, 0.25) is 11.8 Å². The lowest BCUT2D eigenvalue weighted by atomic mass is 9.95. The average Bonchev–Trinajstić information content (AvgIpc) is 1.69. The van der Waals surface area contributed by atoms with Crippen LogP contribution in [0.5, 0.6) is 5.75 Å². The number of imide groups is 1. The Morgan fingerprint density at radius 2 is 1.42 bits per heavy atom. The number of amides is 6. The van der Waals surface area contributed by atoms with E-state index < -0.39 is 24.1 Å². The zero-order valence-corrected chi connectivity index (χ0v) is 50.4. The van der Waals surface area contributed by atoms with Gasteiger partial charge in [0.05, 0.1) is 22.1 Å². The molecule has 4 aromatic carbocycles. The maximum Gasteiger partial charge on any atom is 0.415 e. The number of unbranched alkanes of at least 4 members (excludes halogenated alkanes) is 2. The van der Waals surface area contributed by atoms with Gasteiger partial charge in [-0.2, -0.15) is 0 Å². The minimum Gasteiger partial charge on any atom is -0.409 e. The fourth-order valence-electron chi connectivity index (χ4n) is 11.7. The molecule has 1 saturated heterocycles. The van der Waals surface area contributed by atoms with Crippen molar-refractivity contribution in [3.05, 3.63) is 142 Å². The van der Waals surface area contributed by atoms with Crippen molar-refractivity contribution in [3.8, 4) is 5.75 Å². The van der Waals surface area contributed by atoms with E-state index in [1.54, 1.807) is 28.0 Å². The summed E-state index contributed by atoms with van der Waals surface area (Å²) in [6.07, 6.45) is 4.32. The summed E-state index contributed by atoms with van der Waals surface area (Å²) in [5.74, 6) is -1.82. The molecule has 18 nitrogen and oxygen atoms in total. The Morgan fingerprint density at radius 1 is 0.744 bits per heavy atom. The molecule has 0 bridgehead atoms. The quantitative estimate of drug-likeness (QED) is 0.0182. The molecule has 1 fully saturated rings. The molecule has 0 radical (unpaired) electrons. The largest absolute Gasteiger partial charge is 0.415 e. The molecule has 3 aromatic heterocycles. The number of aromatic nitrogens is 2. The average molecular weight is 1200 g/mol. The molecule has 20 heteroatoms. The van der Waals surface area contributed by atoms with Gasteiger partial charge in [-0.3, -0.25) is 43.3 Å². The molecular formula is C66H71ClN8O10S.